The maximum absolute atomic E-state index is 11.0. The molecule has 4 nitrogen and oxygen atoms in total. The topological polar surface area (TPSA) is 52.6 Å². The lowest BCUT2D eigenvalue weighted by atomic mass is 10.2. The van der Waals surface area contributed by atoms with Gasteiger partial charge in [0.15, 0.2) is 5.78 Å². The molecule has 0 aromatic heterocycles. The molecule has 0 fully saturated rings. The fraction of sp³-hybridized carbons (Fsp3) is 0.750. The second-order valence-corrected chi connectivity index (χ2v) is 2.57. The van der Waals surface area contributed by atoms with E-state index in [1.54, 1.807) is 6.92 Å². The lowest BCUT2D eigenvalue weighted by Gasteiger charge is -2.07. The molecule has 0 aliphatic heterocycles. The summed E-state index contributed by atoms with van der Waals surface area (Å²) in [7, 11) is 1.53. The van der Waals surface area contributed by atoms with Gasteiger partial charge in [0.25, 0.3) is 0 Å². The van der Waals surface area contributed by atoms with Gasteiger partial charge in [-0.3, -0.25) is 9.59 Å². The third-order valence-electron chi connectivity index (χ3n) is 1.35. The van der Waals surface area contributed by atoms with Crippen molar-refractivity contribution in [2.75, 3.05) is 13.7 Å². The number of ketones is 1. The Hall–Kier alpha value is -0.900. The molecule has 0 radical (unpaired) electrons. The van der Waals surface area contributed by atoms with Crippen LogP contribution in [0, 0.1) is 0 Å². The van der Waals surface area contributed by atoms with Crippen LogP contribution in [-0.4, -0.2) is 31.6 Å². The van der Waals surface area contributed by atoms with E-state index in [0.29, 0.717) is 0 Å². The summed E-state index contributed by atoms with van der Waals surface area (Å²) < 4.78 is 9.37. The average Bonchev–Trinajstić information content (AvgIpc) is 2.00. The minimum absolute atomic E-state index is 0.118. The zero-order chi connectivity index (χ0) is 9.56. The summed E-state index contributed by atoms with van der Waals surface area (Å²) in [6.07, 6.45) is 0.164. The van der Waals surface area contributed by atoms with Crippen LogP contribution in [0.15, 0.2) is 0 Å². The average molecular weight is 174 g/mol. The fourth-order valence-corrected chi connectivity index (χ4v) is 0.645. The largest absolute Gasteiger partial charge is 0.458 e. The summed E-state index contributed by atoms with van der Waals surface area (Å²) in [5.41, 5.74) is 0. The Morgan fingerprint density at radius 1 is 1.42 bits per heavy atom. The molecule has 4 heteroatoms. The molecular weight excluding hydrogens is 160 g/mol. The number of esters is 1. The number of Topliss-reactive ketones (excluding diaryl/α,β-unsaturated/α-hetero) is 1. The molecule has 0 amide bonds. The van der Waals surface area contributed by atoms with E-state index < -0.39 is 5.97 Å². The Kier molecular flexibility index (Phi) is 5.28. The van der Waals surface area contributed by atoms with Gasteiger partial charge < -0.3 is 9.47 Å². The molecule has 0 saturated heterocycles. The van der Waals surface area contributed by atoms with Crippen LogP contribution >= 0.6 is 0 Å². The Labute approximate surface area is 71.8 Å². The smallest absolute Gasteiger partial charge is 0.303 e. The Morgan fingerprint density at radius 3 is 2.42 bits per heavy atom. The van der Waals surface area contributed by atoms with Gasteiger partial charge in [0.05, 0.1) is 6.10 Å². The van der Waals surface area contributed by atoms with Crippen LogP contribution in [-0.2, 0) is 19.1 Å². The molecule has 0 saturated carbocycles. The highest BCUT2D eigenvalue weighted by molar-refractivity contribution is 5.82. The lowest BCUT2D eigenvalue weighted by molar-refractivity contribution is -0.146. The van der Waals surface area contributed by atoms with Gasteiger partial charge >= 0.3 is 5.97 Å². The number of rotatable bonds is 5. The van der Waals surface area contributed by atoms with Gasteiger partial charge in [-0.05, 0) is 6.92 Å². The highest BCUT2D eigenvalue weighted by atomic mass is 16.5. The number of ether oxygens (including phenoxy) is 2. The monoisotopic (exact) mass is 174 g/mol. The Bertz CT molecular complexity index is 164. The fourth-order valence-electron chi connectivity index (χ4n) is 0.645. The molecule has 12 heavy (non-hydrogen) atoms. The SMILES string of the molecule is COC(C)CC(=O)COC(C)=O. The third-order valence-corrected chi connectivity index (χ3v) is 1.35. The number of carbonyl (C=O) groups is 2. The lowest BCUT2D eigenvalue weighted by Crippen LogP contribution is -2.17. The number of hydrogen-bond donors (Lipinski definition) is 0. The van der Waals surface area contributed by atoms with Crippen molar-refractivity contribution in [2.24, 2.45) is 0 Å². The van der Waals surface area contributed by atoms with Gasteiger partial charge in [0.1, 0.15) is 6.61 Å². The van der Waals surface area contributed by atoms with E-state index in [4.69, 9.17) is 4.74 Å². The van der Waals surface area contributed by atoms with Crippen LogP contribution in [0.3, 0.4) is 0 Å². The van der Waals surface area contributed by atoms with Crippen LogP contribution in [0.4, 0.5) is 0 Å². The molecule has 0 spiro atoms. The molecule has 0 aromatic carbocycles. The second-order valence-electron chi connectivity index (χ2n) is 2.57. The van der Waals surface area contributed by atoms with Crippen LogP contribution in [0.1, 0.15) is 20.3 Å². The first-order valence-electron chi connectivity index (χ1n) is 3.74. The highest BCUT2D eigenvalue weighted by Crippen LogP contribution is 1.96. The summed E-state index contributed by atoms with van der Waals surface area (Å²) in [6.45, 7) is 2.90. The van der Waals surface area contributed by atoms with Crippen molar-refractivity contribution in [1.29, 1.82) is 0 Å². The van der Waals surface area contributed by atoms with Gasteiger partial charge in [-0.25, -0.2) is 0 Å². The number of hydrogen-bond acceptors (Lipinski definition) is 4. The van der Waals surface area contributed by atoms with Gasteiger partial charge in [-0.15, -0.1) is 0 Å². The van der Waals surface area contributed by atoms with E-state index >= 15 is 0 Å². The molecular formula is C8H14O4. The summed E-state index contributed by atoms with van der Waals surface area (Å²) in [4.78, 5) is 21.3. The van der Waals surface area contributed by atoms with Gasteiger partial charge in [0, 0.05) is 20.5 Å². The molecule has 0 aliphatic rings. The second kappa shape index (κ2) is 5.71. The quantitative estimate of drug-likeness (QED) is 0.571. The van der Waals surface area contributed by atoms with E-state index in [-0.39, 0.29) is 24.9 Å². The predicted octanol–water partition coefficient (Wildman–Crippen LogP) is 0.544. The first kappa shape index (κ1) is 11.1. The van der Waals surface area contributed by atoms with Crippen molar-refractivity contribution in [3.8, 4) is 0 Å². The van der Waals surface area contributed by atoms with E-state index in [0.717, 1.165) is 0 Å². The van der Waals surface area contributed by atoms with Crippen LogP contribution in [0.2, 0.25) is 0 Å². The van der Waals surface area contributed by atoms with Crippen molar-refractivity contribution < 1.29 is 19.1 Å². The normalized spacial score (nSPS) is 12.2. The van der Waals surface area contributed by atoms with Gasteiger partial charge in [-0.2, -0.15) is 0 Å². The number of carbonyl (C=O) groups excluding carboxylic acids is 2. The molecule has 0 N–H and O–H groups in total. The minimum atomic E-state index is -0.437. The number of methoxy groups -OCH3 is 1. The summed E-state index contributed by atoms with van der Waals surface area (Å²) in [5.74, 6) is -0.562. The molecule has 0 rings (SSSR count). The first-order chi connectivity index (χ1) is 5.56. The van der Waals surface area contributed by atoms with Crippen molar-refractivity contribution >= 4 is 11.8 Å². The van der Waals surface area contributed by atoms with Crippen molar-refractivity contribution in [1.82, 2.24) is 0 Å². The first-order valence-corrected chi connectivity index (χ1v) is 3.74. The van der Waals surface area contributed by atoms with Gasteiger partial charge in [0.2, 0.25) is 0 Å². The van der Waals surface area contributed by atoms with E-state index in [1.807, 2.05) is 0 Å². The van der Waals surface area contributed by atoms with E-state index in [2.05, 4.69) is 4.74 Å². The third kappa shape index (κ3) is 5.85. The van der Waals surface area contributed by atoms with Crippen LogP contribution < -0.4 is 0 Å². The summed E-state index contributed by atoms with van der Waals surface area (Å²) >= 11 is 0. The summed E-state index contributed by atoms with van der Waals surface area (Å²) in [5, 5.41) is 0. The maximum Gasteiger partial charge on any atom is 0.303 e. The maximum atomic E-state index is 11.0. The van der Waals surface area contributed by atoms with Crippen LogP contribution in [0.5, 0.6) is 0 Å². The predicted molar refractivity (Wildman–Crippen MR) is 42.7 cm³/mol. The highest BCUT2D eigenvalue weighted by Gasteiger charge is 2.08. The standard InChI is InChI=1S/C8H14O4/c1-6(11-3)4-8(10)5-12-7(2)9/h6H,4-5H2,1-3H3. The van der Waals surface area contributed by atoms with Crippen molar-refractivity contribution in [3.05, 3.63) is 0 Å². The van der Waals surface area contributed by atoms with E-state index in [1.165, 1.54) is 14.0 Å². The summed E-state index contributed by atoms with van der Waals surface area (Å²) in [6, 6.07) is 0. The molecule has 70 valence electrons. The zero-order valence-corrected chi connectivity index (χ0v) is 7.62. The zero-order valence-electron chi connectivity index (χ0n) is 7.62. The van der Waals surface area contributed by atoms with Crippen molar-refractivity contribution in [3.63, 3.8) is 0 Å². The minimum Gasteiger partial charge on any atom is -0.458 e. The van der Waals surface area contributed by atoms with E-state index in [9.17, 15) is 9.59 Å². The molecule has 0 aliphatic carbocycles. The van der Waals surface area contributed by atoms with Crippen LogP contribution in [0.25, 0.3) is 0 Å². The molecule has 0 heterocycles. The molecule has 0 aromatic rings. The van der Waals surface area contributed by atoms with Crippen molar-refractivity contribution in [2.45, 2.75) is 26.4 Å². The Balaban J connectivity index is 3.53. The molecule has 0 bridgehead atoms. The van der Waals surface area contributed by atoms with Gasteiger partial charge in [-0.1, -0.05) is 0 Å². The Morgan fingerprint density at radius 2 is 2.00 bits per heavy atom. The molecule has 1 atom stereocenters. The molecule has 1 unspecified atom stereocenters.